The number of benzene rings is 4. The summed E-state index contributed by atoms with van der Waals surface area (Å²) in [7, 11) is -3.72. The third-order valence-electron chi connectivity index (χ3n) is 5.25. The molecular weight excluding hydrogens is 476 g/mol. The maximum absolute atomic E-state index is 12.7. The fourth-order valence-electron chi connectivity index (χ4n) is 3.40. The summed E-state index contributed by atoms with van der Waals surface area (Å²) in [6, 6.07) is 31.3. The molecule has 1 atom stereocenters. The van der Waals surface area contributed by atoms with Crippen LogP contribution in [0.3, 0.4) is 0 Å². The zero-order chi connectivity index (χ0) is 25.4. The van der Waals surface area contributed by atoms with E-state index in [1.54, 1.807) is 31.2 Å². The SMILES string of the molecule is C[C@H](NS(=O)(=O)c1ccc(OCC(=O)Nc2ccc(Oc3ccccc3)cc2)cc1)c1ccccc1. The van der Waals surface area contributed by atoms with Crippen LogP contribution in [-0.4, -0.2) is 20.9 Å². The summed E-state index contributed by atoms with van der Waals surface area (Å²) >= 11 is 0. The lowest BCUT2D eigenvalue weighted by molar-refractivity contribution is -0.118. The van der Waals surface area contributed by atoms with E-state index in [1.807, 2.05) is 60.7 Å². The fourth-order valence-corrected chi connectivity index (χ4v) is 4.63. The third-order valence-corrected chi connectivity index (χ3v) is 6.81. The number of ether oxygens (including phenoxy) is 2. The molecule has 0 aromatic heterocycles. The summed E-state index contributed by atoms with van der Waals surface area (Å²) in [5, 5.41) is 2.75. The Labute approximate surface area is 210 Å². The van der Waals surface area contributed by atoms with Crippen molar-refractivity contribution in [1.82, 2.24) is 4.72 Å². The highest BCUT2D eigenvalue weighted by Gasteiger charge is 2.18. The summed E-state index contributed by atoms with van der Waals surface area (Å²) in [5.41, 5.74) is 1.47. The lowest BCUT2D eigenvalue weighted by Gasteiger charge is -2.15. The number of carbonyl (C=O) groups excluding carboxylic acids is 1. The molecule has 184 valence electrons. The van der Waals surface area contributed by atoms with Gasteiger partial charge in [-0.25, -0.2) is 13.1 Å². The summed E-state index contributed by atoms with van der Waals surface area (Å²) in [4.78, 5) is 12.4. The van der Waals surface area contributed by atoms with Crippen LogP contribution in [0.1, 0.15) is 18.5 Å². The fraction of sp³-hybridized carbons (Fsp3) is 0.107. The van der Waals surface area contributed by atoms with Crippen molar-refractivity contribution in [1.29, 1.82) is 0 Å². The Kier molecular flexibility index (Phi) is 7.99. The highest BCUT2D eigenvalue weighted by Crippen LogP contribution is 2.23. The highest BCUT2D eigenvalue weighted by atomic mass is 32.2. The highest BCUT2D eigenvalue weighted by molar-refractivity contribution is 7.89. The molecule has 1 amide bonds. The Morgan fingerprint density at radius 3 is 1.94 bits per heavy atom. The minimum absolute atomic E-state index is 0.111. The molecule has 0 aliphatic rings. The number of amides is 1. The molecule has 2 N–H and O–H groups in total. The van der Waals surface area contributed by atoms with Gasteiger partial charge in [0.25, 0.3) is 5.91 Å². The van der Waals surface area contributed by atoms with Gasteiger partial charge in [0.15, 0.2) is 6.61 Å². The third kappa shape index (κ3) is 6.94. The molecular formula is C28H26N2O5S. The predicted molar refractivity (Wildman–Crippen MR) is 139 cm³/mol. The van der Waals surface area contributed by atoms with E-state index >= 15 is 0 Å². The zero-order valence-electron chi connectivity index (χ0n) is 19.6. The van der Waals surface area contributed by atoms with E-state index in [0.29, 0.717) is 17.2 Å². The van der Waals surface area contributed by atoms with E-state index in [4.69, 9.17) is 9.47 Å². The molecule has 0 aliphatic carbocycles. The first-order valence-electron chi connectivity index (χ1n) is 11.3. The van der Waals surface area contributed by atoms with Crippen molar-refractivity contribution in [2.75, 3.05) is 11.9 Å². The number of carbonyl (C=O) groups is 1. The van der Waals surface area contributed by atoms with Gasteiger partial charge in [-0.15, -0.1) is 0 Å². The molecule has 7 nitrogen and oxygen atoms in total. The van der Waals surface area contributed by atoms with Crippen molar-refractivity contribution < 1.29 is 22.7 Å². The van der Waals surface area contributed by atoms with Gasteiger partial charge in [-0.3, -0.25) is 4.79 Å². The van der Waals surface area contributed by atoms with Crippen molar-refractivity contribution in [3.63, 3.8) is 0 Å². The lowest BCUT2D eigenvalue weighted by Crippen LogP contribution is -2.26. The van der Waals surface area contributed by atoms with Gasteiger partial charge in [0.1, 0.15) is 17.2 Å². The average molecular weight is 503 g/mol. The Balaban J connectivity index is 1.27. The standard InChI is InChI=1S/C28H26N2O5S/c1-21(22-8-4-2-5-9-22)30-36(32,33)27-18-16-24(17-19-27)34-20-28(31)29-23-12-14-26(15-13-23)35-25-10-6-3-7-11-25/h2-19,21,30H,20H2,1H3,(H,29,31)/t21-/m0/s1. The molecule has 4 aromatic carbocycles. The number of hydrogen-bond acceptors (Lipinski definition) is 5. The first kappa shape index (κ1) is 25.0. The topological polar surface area (TPSA) is 93.7 Å². The molecule has 0 unspecified atom stereocenters. The largest absolute Gasteiger partial charge is 0.484 e. The van der Waals surface area contributed by atoms with E-state index in [1.165, 1.54) is 24.3 Å². The Morgan fingerprint density at radius 1 is 0.750 bits per heavy atom. The maximum Gasteiger partial charge on any atom is 0.262 e. The van der Waals surface area contributed by atoms with Crippen molar-refractivity contribution in [3.8, 4) is 17.2 Å². The van der Waals surface area contributed by atoms with Gasteiger partial charge in [0, 0.05) is 11.7 Å². The van der Waals surface area contributed by atoms with Gasteiger partial charge < -0.3 is 14.8 Å². The normalized spacial score (nSPS) is 11.9. The molecule has 4 aromatic rings. The molecule has 0 saturated carbocycles. The Morgan fingerprint density at radius 2 is 1.31 bits per heavy atom. The summed E-state index contributed by atoms with van der Waals surface area (Å²) < 4.78 is 39.3. The van der Waals surface area contributed by atoms with Crippen LogP contribution in [-0.2, 0) is 14.8 Å². The van der Waals surface area contributed by atoms with Gasteiger partial charge in [-0.2, -0.15) is 0 Å². The molecule has 0 fully saturated rings. The zero-order valence-corrected chi connectivity index (χ0v) is 20.4. The molecule has 8 heteroatoms. The van der Waals surface area contributed by atoms with Crippen molar-refractivity contribution in [2.45, 2.75) is 17.9 Å². The molecule has 0 bridgehead atoms. The van der Waals surface area contributed by atoms with Crippen molar-refractivity contribution in [2.24, 2.45) is 0 Å². The summed E-state index contributed by atoms with van der Waals surface area (Å²) in [6.07, 6.45) is 0. The Hall–Kier alpha value is -4.14. The van der Waals surface area contributed by atoms with Crippen molar-refractivity contribution in [3.05, 3.63) is 115 Å². The number of para-hydroxylation sites is 1. The van der Waals surface area contributed by atoms with E-state index < -0.39 is 10.0 Å². The molecule has 0 heterocycles. The summed E-state index contributed by atoms with van der Waals surface area (Å²) in [5.74, 6) is 1.41. The van der Waals surface area contributed by atoms with Crippen LogP contribution in [0.5, 0.6) is 17.2 Å². The average Bonchev–Trinajstić information content (AvgIpc) is 2.90. The van der Waals surface area contributed by atoms with Gasteiger partial charge in [-0.1, -0.05) is 48.5 Å². The van der Waals surface area contributed by atoms with Crippen LogP contribution in [0.15, 0.2) is 114 Å². The number of anilines is 1. The van der Waals surface area contributed by atoms with Crippen LogP contribution in [0.25, 0.3) is 0 Å². The van der Waals surface area contributed by atoms with Crippen LogP contribution in [0, 0.1) is 0 Å². The maximum atomic E-state index is 12.7. The minimum atomic E-state index is -3.72. The molecule has 0 spiro atoms. The second kappa shape index (κ2) is 11.5. The molecule has 36 heavy (non-hydrogen) atoms. The molecule has 4 rings (SSSR count). The number of rotatable bonds is 10. The second-order valence-electron chi connectivity index (χ2n) is 8.00. The van der Waals surface area contributed by atoms with E-state index in [9.17, 15) is 13.2 Å². The van der Waals surface area contributed by atoms with E-state index in [2.05, 4.69) is 10.0 Å². The number of hydrogen-bond donors (Lipinski definition) is 2. The minimum Gasteiger partial charge on any atom is -0.484 e. The quantitative estimate of drug-likeness (QED) is 0.297. The molecule has 0 saturated heterocycles. The van der Waals surface area contributed by atoms with Crippen LogP contribution < -0.4 is 19.5 Å². The van der Waals surface area contributed by atoms with Gasteiger partial charge in [-0.05, 0) is 73.2 Å². The summed E-state index contributed by atoms with van der Waals surface area (Å²) in [6.45, 7) is 1.56. The van der Waals surface area contributed by atoms with Crippen LogP contribution in [0.4, 0.5) is 5.69 Å². The van der Waals surface area contributed by atoms with Crippen LogP contribution >= 0.6 is 0 Å². The molecule has 0 aliphatic heterocycles. The van der Waals surface area contributed by atoms with Crippen LogP contribution in [0.2, 0.25) is 0 Å². The Bertz CT molecular complexity index is 1380. The first-order chi connectivity index (χ1) is 17.4. The van der Waals surface area contributed by atoms with Gasteiger partial charge in [0.05, 0.1) is 4.90 Å². The van der Waals surface area contributed by atoms with Gasteiger partial charge in [0.2, 0.25) is 10.0 Å². The monoisotopic (exact) mass is 502 g/mol. The van der Waals surface area contributed by atoms with E-state index in [-0.39, 0.29) is 23.5 Å². The van der Waals surface area contributed by atoms with E-state index in [0.717, 1.165) is 11.3 Å². The predicted octanol–water partition coefficient (Wildman–Crippen LogP) is 5.54. The lowest BCUT2D eigenvalue weighted by atomic mass is 10.1. The smallest absolute Gasteiger partial charge is 0.262 e. The van der Waals surface area contributed by atoms with Gasteiger partial charge >= 0.3 is 0 Å². The number of sulfonamides is 1. The number of nitrogens with one attached hydrogen (secondary N) is 2. The van der Waals surface area contributed by atoms with Crippen molar-refractivity contribution >= 4 is 21.6 Å². The molecule has 0 radical (unpaired) electrons. The first-order valence-corrected chi connectivity index (χ1v) is 12.8. The second-order valence-corrected chi connectivity index (χ2v) is 9.72.